The highest BCUT2D eigenvalue weighted by atomic mass is 16.4. The van der Waals surface area contributed by atoms with Crippen molar-refractivity contribution in [2.24, 2.45) is 0 Å². The topological polar surface area (TPSA) is 33.4 Å². The molecule has 1 rings (SSSR count). The zero-order valence-electron chi connectivity index (χ0n) is 7.29. The van der Waals surface area contributed by atoms with E-state index in [1.54, 1.807) is 18.4 Å². The Labute approximate surface area is 72.5 Å². The minimum atomic E-state index is -0.489. The largest absolute Gasteiger partial charge is 0.467 e. The Bertz CT molecular complexity index is 236. The van der Waals surface area contributed by atoms with Crippen molar-refractivity contribution in [3.63, 3.8) is 0 Å². The smallest absolute Gasteiger partial charge is 0.132 e. The van der Waals surface area contributed by atoms with Crippen LogP contribution in [0.5, 0.6) is 0 Å². The first-order valence-corrected chi connectivity index (χ1v) is 4.06. The molecule has 0 aliphatic rings. The van der Waals surface area contributed by atoms with Crippen molar-refractivity contribution in [1.29, 1.82) is 0 Å². The number of aliphatic hydroxyl groups is 1. The molecule has 1 aromatic heterocycles. The van der Waals surface area contributed by atoms with Crippen LogP contribution in [0.2, 0.25) is 0 Å². The highest BCUT2D eigenvalue weighted by molar-refractivity contribution is 5.02. The molecule has 66 valence electrons. The molecule has 0 aromatic carbocycles. The van der Waals surface area contributed by atoms with Crippen LogP contribution in [0, 0.1) is 0 Å². The van der Waals surface area contributed by atoms with E-state index in [4.69, 9.17) is 4.42 Å². The maximum absolute atomic E-state index is 9.52. The summed E-state index contributed by atoms with van der Waals surface area (Å²) in [6, 6.07) is 3.56. The van der Waals surface area contributed by atoms with Gasteiger partial charge in [0.05, 0.1) is 6.26 Å². The van der Waals surface area contributed by atoms with Gasteiger partial charge in [-0.1, -0.05) is 5.57 Å². The van der Waals surface area contributed by atoms with Crippen LogP contribution in [0.15, 0.2) is 35.0 Å². The number of allylic oxidation sites excluding steroid dienone is 1. The molecule has 0 bridgehead atoms. The molecule has 0 saturated carbocycles. The Balaban J connectivity index is 2.39. The summed E-state index contributed by atoms with van der Waals surface area (Å²) < 4.78 is 5.05. The predicted molar refractivity (Wildman–Crippen MR) is 47.7 cm³/mol. The van der Waals surface area contributed by atoms with Crippen molar-refractivity contribution < 1.29 is 9.52 Å². The lowest BCUT2D eigenvalue weighted by molar-refractivity contribution is 0.140. The van der Waals surface area contributed by atoms with E-state index < -0.39 is 6.10 Å². The molecule has 1 atom stereocenters. The van der Waals surface area contributed by atoms with Gasteiger partial charge in [-0.05, 0) is 31.9 Å². The average molecular weight is 166 g/mol. The molecular weight excluding hydrogens is 152 g/mol. The second kappa shape index (κ2) is 4.12. The molecule has 12 heavy (non-hydrogen) atoms. The fourth-order valence-electron chi connectivity index (χ4n) is 1.01. The lowest BCUT2D eigenvalue weighted by Gasteiger charge is -2.06. The Hall–Kier alpha value is -1.02. The quantitative estimate of drug-likeness (QED) is 0.697. The monoisotopic (exact) mass is 166 g/mol. The molecule has 0 amide bonds. The standard InChI is InChI=1S/C10H14O2/c1-8(2)5-6-9(11)10-4-3-7-12-10/h3-4,7,9,11H,1,5-6H2,2H3. The van der Waals surface area contributed by atoms with Crippen LogP contribution in [-0.2, 0) is 0 Å². The third kappa shape index (κ3) is 2.55. The fourth-order valence-corrected chi connectivity index (χ4v) is 1.01. The zero-order valence-corrected chi connectivity index (χ0v) is 7.29. The summed E-state index contributed by atoms with van der Waals surface area (Å²) in [5, 5.41) is 9.52. The molecule has 1 aromatic rings. The van der Waals surface area contributed by atoms with Crippen molar-refractivity contribution >= 4 is 0 Å². The van der Waals surface area contributed by atoms with Crippen LogP contribution in [0.1, 0.15) is 31.6 Å². The predicted octanol–water partition coefficient (Wildman–Crippen LogP) is 2.67. The van der Waals surface area contributed by atoms with E-state index in [0.29, 0.717) is 12.2 Å². The lowest BCUT2D eigenvalue weighted by Crippen LogP contribution is -1.95. The van der Waals surface area contributed by atoms with Gasteiger partial charge in [0.2, 0.25) is 0 Å². The molecule has 0 spiro atoms. The van der Waals surface area contributed by atoms with Crippen molar-refractivity contribution in [2.75, 3.05) is 0 Å². The Morgan fingerprint density at radius 3 is 3.00 bits per heavy atom. The van der Waals surface area contributed by atoms with Crippen molar-refractivity contribution in [1.82, 2.24) is 0 Å². The molecule has 0 aliphatic carbocycles. The third-order valence-electron chi connectivity index (χ3n) is 1.72. The lowest BCUT2D eigenvalue weighted by atomic mass is 10.1. The van der Waals surface area contributed by atoms with Crippen molar-refractivity contribution in [2.45, 2.75) is 25.9 Å². The molecule has 2 heteroatoms. The first-order chi connectivity index (χ1) is 5.70. The second-order valence-electron chi connectivity index (χ2n) is 3.03. The molecule has 0 fully saturated rings. The summed E-state index contributed by atoms with van der Waals surface area (Å²) in [4.78, 5) is 0. The van der Waals surface area contributed by atoms with E-state index in [1.165, 1.54) is 0 Å². The van der Waals surface area contributed by atoms with Gasteiger partial charge in [0.1, 0.15) is 11.9 Å². The maximum Gasteiger partial charge on any atom is 0.132 e. The summed E-state index contributed by atoms with van der Waals surface area (Å²) in [7, 11) is 0. The molecule has 1 heterocycles. The van der Waals surface area contributed by atoms with E-state index in [0.717, 1.165) is 12.0 Å². The van der Waals surface area contributed by atoms with Gasteiger partial charge in [-0.25, -0.2) is 0 Å². The molecule has 0 aliphatic heterocycles. The fraction of sp³-hybridized carbons (Fsp3) is 0.400. The van der Waals surface area contributed by atoms with Crippen LogP contribution < -0.4 is 0 Å². The third-order valence-corrected chi connectivity index (χ3v) is 1.72. The molecule has 0 radical (unpaired) electrons. The zero-order chi connectivity index (χ0) is 8.97. The number of aliphatic hydroxyl groups excluding tert-OH is 1. The second-order valence-corrected chi connectivity index (χ2v) is 3.03. The molecular formula is C10H14O2. The summed E-state index contributed by atoms with van der Waals surface area (Å²) in [5.74, 6) is 0.635. The normalized spacial score (nSPS) is 12.8. The highest BCUT2D eigenvalue weighted by Crippen LogP contribution is 2.19. The minimum Gasteiger partial charge on any atom is -0.467 e. The average Bonchev–Trinajstić information content (AvgIpc) is 2.51. The van der Waals surface area contributed by atoms with Gasteiger partial charge < -0.3 is 9.52 Å². The number of furan rings is 1. The van der Waals surface area contributed by atoms with Crippen molar-refractivity contribution in [3.05, 3.63) is 36.3 Å². The van der Waals surface area contributed by atoms with Crippen LogP contribution in [0.4, 0.5) is 0 Å². The summed E-state index contributed by atoms with van der Waals surface area (Å²) in [6.45, 7) is 5.72. The SMILES string of the molecule is C=C(C)CCC(O)c1ccco1. The van der Waals surface area contributed by atoms with Crippen LogP contribution in [0.3, 0.4) is 0 Å². The number of rotatable bonds is 4. The highest BCUT2D eigenvalue weighted by Gasteiger charge is 2.08. The first kappa shape index (κ1) is 9.07. The van der Waals surface area contributed by atoms with E-state index >= 15 is 0 Å². The minimum absolute atomic E-state index is 0.489. The van der Waals surface area contributed by atoms with Gasteiger partial charge in [-0.3, -0.25) is 0 Å². The van der Waals surface area contributed by atoms with Crippen molar-refractivity contribution in [3.8, 4) is 0 Å². The molecule has 1 unspecified atom stereocenters. The molecule has 1 N–H and O–H groups in total. The van der Waals surface area contributed by atoms with Gasteiger partial charge in [0, 0.05) is 0 Å². The Morgan fingerprint density at radius 2 is 2.50 bits per heavy atom. The van der Waals surface area contributed by atoms with Gasteiger partial charge in [0.15, 0.2) is 0 Å². The Kier molecular flexibility index (Phi) is 3.11. The van der Waals surface area contributed by atoms with Gasteiger partial charge in [0.25, 0.3) is 0 Å². The van der Waals surface area contributed by atoms with E-state index in [9.17, 15) is 5.11 Å². The van der Waals surface area contributed by atoms with Gasteiger partial charge in [-0.15, -0.1) is 6.58 Å². The summed E-state index contributed by atoms with van der Waals surface area (Å²) in [5.41, 5.74) is 1.08. The molecule has 2 nitrogen and oxygen atoms in total. The number of hydrogen-bond donors (Lipinski definition) is 1. The summed E-state index contributed by atoms with van der Waals surface area (Å²) >= 11 is 0. The maximum atomic E-state index is 9.52. The van der Waals surface area contributed by atoms with E-state index in [2.05, 4.69) is 6.58 Å². The van der Waals surface area contributed by atoms with Gasteiger partial charge >= 0.3 is 0 Å². The summed E-state index contributed by atoms with van der Waals surface area (Å²) in [6.07, 6.45) is 2.60. The van der Waals surface area contributed by atoms with Crippen LogP contribution >= 0.6 is 0 Å². The van der Waals surface area contributed by atoms with E-state index in [-0.39, 0.29) is 0 Å². The molecule has 0 saturated heterocycles. The Morgan fingerprint density at radius 1 is 1.75 bits per heavy atom. The van der Waals surface area contributed by atoms with E-state index in [1.807, 2.05) is 6.92 Å². The number of hydrogen-bond acceptors (Lipinski definition) is 2. The van der Waals surface area contributed by atoms with Gasteiger partial charge in [-0.2, -0.15) is 0 Å². The van der Waals surface area contributed by atoms with Crippen LogP contribution in [0.25, 0.3) is 0 Å². The first-order valence-electron chi connectivity index (χ1n) is 4.06. The van der Waals surface area contributed by atoms with Crippen LogP contribution in [-0.4, -0.2) is 5.11 Å².